The fourth-order valence-corrected chi connectivity index (χ4v) is 5.38. The van der Waals surface area contributed by atoms with Gasteiger partial charge in [-0.2, -0.15) is 0 Å². The number of hydrogen-bond donors (Lipinski definition) is 1. The second-order valence-electron chi connectivity index (χ2n) is 10.8. The molecule has 1 N–H and O–H groups in total. The van der Waals surface area contributed by atoms with Crippen LogP contribution in [-0.4, -0.2) is 29.8 Å². The van der Waals surface area contributed by atoms with Crippen molar-refractivity contribution in [2.75, 3.05) is 6.61 Å². The zero-order valence-corrected chi connectivity index (χ0v) is 23.7. The Hall–Kier alpha value is -3.08. The van der Waals surface area contributed by atoms with E-state index in [1.165, 1.54) is 44.9 Å². The first-order valence-corrected chi connectivity index (χ1v) is 14.9. The SMILES string of the molecule is C=CCCCCC1CCC(OC(=O)c2ccc(-c3cc(OCCCCCCCC)ccc3C(=O)O)cc2)CC1. The zero-order chi connectivity index (χ0) is 27.9. The first-order chi connectivity index (χ1) is 19.0. The van der Waals surface area contributed by atoms with Gasteiger partial charge >= 0.3 is 11.9 Å². The lowest BCUT2D eigenvalue weighted by Crippen LogP contribution is -2.24. The van der Waals surface area contributed by atoms with Gasteiger partial charge in [0, 0.05) is 0 Å². The Morgan fingerprint density at radius 2 is 1.64 bits per heavy atom. The number of benzene rings is 2. The van der Waals surface area contributed by atoms with Crippen LogP contribution in [0.5, 0.6) is 5.75 Å². The molecular formula is C34H46O5. The molecule has 0 aliphatic heterocycles. The summed E-state index contributed by atoms with van der Waals surface area (Å²) in [4.78, 5) is 24.7. The van der Waals surface area contributed by atoms with Crippen LogP contribution in [-0.2, 0) is 4.74 Å². The Morgan fingerprint density at radius 3 is 2.33 bits per heavy atom. The number of carboxylic acid groups (broad SMARTS) is 1. The van der Waals surface area contributed by atoms with Crippen LogP contribution in [0, 0.1) is 5.92 Å². The molecule has 39 heavy (non-hydrogen) atoms. The number of unbranched alkanes of at least 4 members (excludes halogenated alkanes) is 7. The Kier molecular flexibility index (Phi) is 13.1. The predicted molar refractivity (Wildman–Crippen MR) is 158 cm³/mol. The summed E-state index contributed by atoms with van der Waals surface area (Å²) in [5, 5.41) is 9.73. The number of esters is 1. The highest BCUT2D eigenvalue weighted by atomic mass is 16.5. The molecule has 1 fully saturated rings. The summed E-state index contributed by atoms with van der Waals surface area (Å²) in [6, 6.07) is 12.1. The van der Waals surface area contributed by atoms with Crippen LogP contribution in [0.3, 0.4) is 0 Å². The van der Waals surface area contributed by atoms with Gasteiger partial charge in [-0.15, -0.1) is 6.58 Å². The minimum Gasteiger partial charge on any atom is -0.494 e. The van der Waals surface area contributed by atoms with Gasteiger partial charge in [0.2, 0.25) is 0 Å². The lowest BCUT2D eigenvalue weighted by molar-refractivity contribution is 0.0160. The molecule has 3 rings (SSSR count). The van der Waals surface area contributed by atoms with Crippen LogP contribution >= 0.6 is 0 Å². The molecule has 2 aromatic carbocycles. The quantitative estimate of drug-likeness (QED) is 0.124. The summed E-state index contributed by atoms with van der Waals surface area (Å²) < 4.78 is 11.7. The maximum atomic E-state index is 12.8. The van der Waals surface area contributed by atoms with Crippen molar-refractivity contribution in [1.82, 2.24) is 0 Å². The standard InChI is InChI=1S/C34H46O5/c1-3-5-7-9-10-12-24-38-30-22-23-31(33(35)36)32(25-30)27-16-18-28(19-17-27)34(37)39-29-20-14-26(15-21-29)13-11-8-6-4-2/h4,16-19,22-23,25-26,29H,2-3,5-15,20-21,24H2,1H3,(H,35,36). The first-order valence-electron chi connectivity index (χ1n) is 14.9. The summed E-state index contributed by atoms with van der Waals surface area (Å²) in [5.74, 6) is 0.0825. The Balaban J connectivity index is 1.53. The molecule has 0 heterocycles. The van der Waals surface area contributed by atoms with Gasteiger partial charge in [0.25, 0.3) is 0 Å². The highest BCUT2D eigenvalue weighted by molar-refractivity contribution is 5.97. The van der Waals surface area contributed by atoms with E-state index in [4.69, 9.17) is 9.47 Å². The van der Waals surface area contributed by atoms with Crippen molar-refractivity contribution in [3.63, 3.8) is 0 Å². The van der Waals surface area contributed by atoms with Gasteiger partial charge in [-0.25, -0.2) is 9.59 Å². The molecule has 2 aromatic rings. The smallest absolute Gasteiger partial charge is 0.338 e. The van der Waals surface area contributed by atoms with Crippen molar-refractivity contribution in [2.24, 2.45) is 5.92 Å². The molecular weight excluding hydrogens is 488 g/mol. The summed E-state index contributed by atoms with van der Waals surface area (Å²) >= 11 is 0. The van der Waals surface area contributed by atoms with Gasteiger partial charge in [0.15, 0.2) is 0 Å². The number of ether oxygens (including phenoxy) is 2. The number of aromatic carboxylic acids is 1. The van der Waals surface area contributed by atoms with Crippen LogP contribution in [0.25, 0.3) is 11.1 Å². The second kappa shape index (κ2) is 16.8. The molecule has 0 saturated heterocycles. The predicted octanol–water partition coefficient (Wildman–Crippen LogP) is 9.25. The summed E-state index contributed by atoms with van der Waals surface area (Å²) in [5.41, 5.74) is 2.00. The van der Waals surface area contributed by atoms with Gasteiger partial charge in [-0.3, -0.25) is 0 Å². The summed E-state index contributed by atoms with van der Waals surface area (Å²) in [7, 11) is 0. The summed E-state index contributed by atoms with van der Waals surface area (Å²) in [6.45, 7) is 6.61. The first kappa shape index (κ1) is 30.5. The molecule has 0 atom stereocenters. The van der Waals surface area contributed by atoms with E-state index < -0.39 is 5.97 Å². The maximum absolute atomic E-state index is 12.8. The van der Waals surface area contributed by atoms with E-state index in [1.54, 1.807) is 42.5 Å². The second-order valence-corrected chi connectivity index (χ2v) is 10.8. The molecule has 5 nitrogen and oxygen atoms in total. The molecule has 0 aromatic heterocycles. The van der Waals surface area contributed by atoms with E-state index in [0.29, 0.717) is 23.5 Å². The molecule has 1 aliphatic carbocycles. The number of carbonyl (C=O) groups is 2. The third-order valence-corrected chi connectivity index (χ3v) is 7.76. The van der Waals surface area contributed by atoms with Crippen molar-refractivity contribution < 1.29 is 24.2 Å². The molecule has 0 bridgehead atoms. The van der Waals surface area contributed by atoms with Crippen molar-refractivity contribution in [3.05, 3.63) is 66.2 Å². The number of carbonyl (C=O) groups excluding carboxylic acids is 1. The highest BCUT2D eigenvalue weighted by Crippen LogP contribution is 2.32. The Bertz CT molecular complexity index is 1030. The van der Waals surface area contributed by atoms with Gasteiger partial charge in [0.05, 0.1) is 17.7 Å². The molecule has 0 unspecified atom stereocenters. The average molecular weight is 535 g/mol. The van der Waals surface area contributed by atoms with Crippen molar-refractivity contribution in [2.45, 2.75) is 103 Å². The van der Waals surface area contributed by atoms with E-state index in [0.717, 1.165) is 56.4 Å². The topological polar surface area (TPSA) is 72.8 Å². The third kappa shape index (κ3) is 10.2. The molecule has 0 spiro atoms. The van der Waals surface area contributed by atoms with Crippen molar-refractivity contribution in [1.29, 1.82) is 0 Å². The molecule has 1 aliphatic rings. The van der Waals surface area contributed by atoms with Crippen LogP contribution in [0.15, 0.2) is 55.1 Å². The van der Waals surface area contributed by atoms with E-state index in [-0.39, 0.29) is 17.6 Å². The molecule has 5 heteroatoms. The van der Waals surface area contributed by atoms with Crippen LogP contribution in [0.4, 0.5) is 0 Å². The summed E-state index contributed by atoms with van der Waals surface area (Å²) in [6.07, 6.45) is 17.9. The third-order valence-electron chi connectivity index (χ3n) is 7.76. The zero-order valence-electron chi connectivity index (χ0n) is 23.7. The fraction of sp³-hybridized carbons (Fsp3) is 0.529. The number of rotatable bonds is 17. The largest absolute Gasteiger partial charge is 0.494 e. The number of allylic oxidation sites excluding steroid dienone is 1. The highest BCUT2D eigenvalue weighted by Gasteiger charge is 2.24. The molecule has 0 amide bonds. The van der Waals surface area contributed by atoms with Gasteiger partial charge in [-0.1, -0.05) is 70.1 Å². The monoisotopic (exact) mass is 534 g/mol. The van der Waals surface area contributed by atoms with Gasteiger partial charge in [-0.05, 0) is 92.3 Å². The molecule has 212 valence electrons. The molecule has 1 saturated carbocycles. The van der Waals surface area contributed by atoms with Gasteiger partial charge < -0.3 is 14.6 Å². The van der Waals surface area contributed by atoms with Crippen molar-refractivity contribution in [3.8, 4) is 16.9 Å². The average Bonchev–Trinajstić information content (AvgIpc) is 2.95. The normalized spacial score (nSPS) is 16.9. The van der Waals surface area contributed by atoms with E-state index in [9.17, 15) is 14.7 Å². The van der Waals surface area contributed by atoms with Crippen LogP contribution < -0.4 is 4.74 Å². The van der Waals surface area contributed by atoms with Crippen molar-refractivity contribution >= 4 is 11.9 Å². The van der Waals surface area contributed by atoms with Gasteiger partial charge in [0.1, 0.15) is 11.9 Å². The fourth-order valence-electron chi connectivity index (χ4n) is 5.38. The van der Waals surface area contributed by atoms with E-state index in [1.807, 2.05) is 6.08 Å². The maximum Gasteiger partial charge on any atom is 0.338 e. The van der Waals surface area contributed by atoms with Crippen LogP contribution in [0.1, 0.15) is 118 Å². The minimum absolute atomic E-state index is 0.0271. The van der Waals surface area contributed by atoms with E-state index in [2.05, 4.69) is 13.5 Å². The number of carboxylic acids is 1. The van der Waals surface area contributed by atoms with Crippen LogP contribution in [0.2, 0.25) is 0 Å². The lowest BCUT2D eigenvalue weighted by Gasteiger charge is -2.28. The van der Waals surface area contributed by atoms with E-state index >= 15 is 0 Å². The number of hydrogen-bond acceptors (Lipinski definition) is 4. The lowest BCUT2D eigenvalue weighted by atomic mass is 9.84. The minimum atomic E-state index is -0.993. The molecule has 0 radical (unpaired) electrons. The Labute approximate surface area is 234 Å². The Morgan fingerprint density at radius 1 is 0.923 bits per heavy atom.